The number of amides is 2. The monoisotopic (exact) mass is 528 g/mol. The topological polar surface area (TPSA) is 78.1 Å². The summed E-state index contributed by atoms with van der Waals surface area (Å²) in [5, 5.41) is 14.5. The molecule has 5 rings (SSSR count). The maximum absolute atomic E-state index is 13.5. The number of anilines is 2. The van der Waals surface area contributed by atoms with Crippen LogP contribution in [0.5, 0.6) is 0 Å². The Hall–Kier alpha value is -4.89. The Morgan fingerprint density at radius 2 is 1.57 bits per heavy atom. The third kappa shape index (κ3) is 5.74. The molecule has 1 aromatic heterocycles. The van der Waals surface area contributed by atoms with Crippen LogP contribution in [0.15, 0.2) is 97.1 Å². The highest BCUT2D eigenvalue weighted by molar-refractivity contribution is 6.09. The highest BCUT2D eigenvalue weighted by atomic mass is 16.2. The Morgan fingerprint density at radius 3 is 2.30 bits per heavy atom. The molecule has 0 aliphatic carbocycles. The Kier molecular flexibility index (Phi) is 7.93. The highest BCUT2D eigenvalue weighted by Gasteiger charge is 2.21. The van der Waals surface area contributed by atoms with Crippen molar-refractivity contribution in [1.82, 2.24) is 4.57 Å². The van der Waals surface area contributed by atoms with Crippen LogP contribution in [-0.4, -0.2) is 16.4 Å². The minimum atomic E-state index is -0.158. The Morgan fingerprint density at radius 1 is 0.875 bits per heavy atom. The predicted molar refractivity (Wildman–Crippen MR) is 161 cm³/mol. The second-order valence-electron chi connectivity index (χ2n) is 10.2. The number of aromatic nitrogens is 1. The van der Waals surface area contributed by atoms with E-state index in [1.165, 1.54) is 5.52 Å². The van der Waals surface area contributed by atoms with Crippen LogP contribution in [0.1, 0.15) is 37.8 Å². The van der Waals surface area contributed by atoms with Crippen molar-refractivity contribution in [1.29, 1.82) is 5.26 Å². The van der Waals surface area contributed by atoms with E-state index in [0.29, 0.717) is 12.1 Å². The first-order valence-electron chi connectivity index (χ1n) is 13.6. The molecule has 0 fully saturated rings. The number of rotatable bonds is 9. The second kappa shape index (κ2) is 11.9. The van der Waals surface area contributed by atoms with Crippen LogP contribution in [0.4, 0.5) is 11.4 Å². The van der Waals surface area contributed by atoms with Crippen molar-refractivity contribution in [3.05, 3.63) is 108 Å². The molecule has 5 aromatic rings. The SMILES string of the molecule is CCn1c2ccccc2c2cc(NC(=O)CC(C)CC(=O)N(Cc3ccccc3)c3ccc(C#N)cc3)ccc21. The van der Waals surface area contributed by atoms with Crippen molar-refractivity contribution in [3.63, 3.8) is 0 Å². The third-order valence-corrected chi connectivity index (χ3v) is 7.22. The molecule has 200 valence electrons. The molecular formula is C34H32N4O2. The maximum Gasteiger partial charge on any atom is 0.227 e. The summed E-state index contributed by atoms with van der Waals surface area (Å²) in [6.45, 7) is 5.34. The van der Waals surface area contributed by atoms with Gasteiger partial charge in [0.05, 0.1) is 18.2 Å². The number of nitrogens with one attached hydrogen (secondary N) is 1. The van der Waals surface area contributed by atoms with Crippen LogP contribution >= 0.6 is 0 Å². The average molecular weight is 529 g/mol. The van der Waals surface area contributed by atoms with Gasteiger partial charge in [-0.25, -0.2) is 0 Å². The minimum Gasteiger partial charge on any atom is -0.341 e. The van der Waals surface area contributed by atoms with Crippen LogP contribution in [-0.2, 0) is 22.7 Å². The number of nitrogens with zero attached hydrogens (tertiary/aromatic N) is 3. The number of carbonyl (C=O) groups is 2. The van der Waals surface area contributed by atoms with Crippen molar-refractivity contribution in [2.45, 2.75) is 39.8 Å². The average Bonchev–Trinajstić information content (AvgIpc) is 3.29. The largest absolute Gasteiger partial charge is 0.341 e. The Balaban J connectivity index is 1.27. The van der Waals surface area contributed by atoms with Crippen molar-refractivity contribution in [2.24, 2.45) is 5.92 Å². The lowest BCUT2D eigenvalue weighted by atomic mass is 10.0. The maximum atomic E-state index is 13.5. The molecule has 40 heavy (non-hydrogen) atoms. The van der Waals surface area contributed by atoms with Crippen molar-refractivity contribution >= 4 is 45.0 Å². The van der Waals surface area contributed by atoms with Crippen LogP contribution in [0.3, 0.4) is 0 Å². The summed E-state index contributed by atoms with van der Waals surface area (Å²) in [6.07, 6.45) is 0.455. The van der Waals surface area contributed by atoms with E-state index in [4.69, 9.17) is 5.26 Å². The van der Waals surface area contributed by atoms with Crippen LogP contribution in [0.25, 0.3) is 21.8 Å². The van der Waals surface area contributed by atoms with Crippen molar-refractivity contribution in [3.8, 4) is 6.07 Å². The molecule has 6 nitrogen and oxygen atoms in total. The van der Waals surface area contributed by atoms with Crippen LogP contribution in [0, 0.1) is 17.2 Å². The molecular weight excluding hydrogens is 496 g/mol. The van der Waals surface area contributed by atoms with Gasteiger partial charge >= 0.3 is 0 Å². The molecule has 6 heteroatoms. The molecule has 0 bridgehead atoms. The summed E-state index contributed by atoms with van der Waals surface area (Å²) in [6, 6.07) is 33.3. The van der Waals surface area contributed by atoms with Gasteiger partial charge < -0.3 is 14.8 Å². The summed E-state index contributed by atoms with van der Waals surface area (Å²) in [5.41, 5.74) is 5.34. The fourth-order valence-electron chi connectivity index (χ4n) is 5.29. The zero-order chi connectivity index (χ0) is 28.1. The van der Waals surface area contributed by atoms with E-state index >= 15 is 0 Å². The minimum absolute atomic E-state index is 0.0670. The Labute approximate surface area is 234 Å². The van der Waals surface area contributed by atoms with Crippen LogP contribution in [0.2, 0.25) is 0 Å². The lowest BCUT2D eigenvalue weighted by Gasteiger charge is -2.25. The second-order valence-corrected chi connectivity index (χ2v) is 10.2. The van der Waals surface area contributed by atoms with E-state index in [0.717, 1.165) is 39.8 Å². The number of aryl methyl sites for hydroxylation is 1. The number of fused-ring (bicyclic) bond motifs is 3. The first kappa shape index (κ1) is 26.7. The number of para-hydroxylation sites is 1. The predicted octanol–water partition coefficient (Wildman–Crippen LogP) is 7.27. The number of nitriles is 1. The van der Waals surface area contributed by atoms with E-state index in [1.54, 1.807) is 29.2 Å². The molecule has 2 amide bonds. The van der Waals surface area contributed by atoms with Gasteiger partial charge in [0.2, 0.25) is 11.8 Å². The zero-order valence-electron chi connectivity index (χ0n) is 22.8. The van der Waals surface area contributed by atoms with Gasteiger partial charge in [0.25, 0.3) is 0 Å². The molecule has 0 saturated carbocycles. The lowest BCUT2D eigenvalue weighted by molar-refractivity contribution is -0.120. The molecule has 0 aliphatic heterocycles. The van der Waals surface area contributed by atoms with Gasteiger partial charge in [-0.1, -0.05) is 55.5 Å². The molecule has 1 heterocycles. The van der Waals surface area contributed by atoms with Gasteiger partial charge in [-0.3, -0.25) is 9.59 Å². The molecule has 0 saturated heterocycles. The first-order chi connectivity index (χ1) is 19.5. The number of carbonyl (C=O) groups excluding carboxylic acids is 2. The molecule has 0 spiro atoms. The van der Waals surface area contributed by atoms with Gasteiger partial charge in [-0.05, 0) is 66.9 Å². The van der Waals surface area contributed by atoms with E-state index in [-0.39, 0.29) is 30.6 Å². The van der Waals surface area contributed by atoms with Gasteiger partial charge in [0, 0.05) is 52.6 Å². The highest BCUT2D eigenvalue weighted by Crippen LogP contribution is 2.31. The van der Waals surface area contributed by atoms with Gasteiger partial charge in [0.15, 0.2) is 0 Å². The molecule has 4 aromatic carbocycles. The van der Waals surface area contributed by atoms with E-state index in [9.17, 15) is 9.59 Å². The van der Waals surface area contributed by atoms with Crippen molar-refractivity contribution in [2.75, 3.05) is 10.2 Å². The summed E-state index contributed by atoms with van der Waals surface area (Å²) < 4.78 is 2.28. The molecule has 0 radical (unpaired) electrons. The Bertz CT molecular complexity index is 1700. The molecule has 1 N–H and O–H groups in total. The lowest BCUT2D eigenvalue weighted by Crippen LogP contribution is -2.32. The zero-order valence-corrected chi connectivity index (χ0v) is 22.8. The first-order valence-corrected chi connectivity index (χ1v) is 13.6. The van der Waals surface area contributed by atoms with Crippen LogP contribution < -0.4 is 10.2 Å². The van der Waals surface area contributed by atoms with E-state index in [1.807, 2.05) is 61.5 Å². The van der Waals surface area contributed by atoms with Gasteiger partial charge in [-0.2, -0.15) is 5.26 Å². The summed E-state index contributed by atoms with van der Waals surface area (Å²) in [5.74, 6) is -0.343. The quantitative estimate of drug-likeness (QED) is 0.218. The fourth-order valence-corrected chi connectivity index (χ4v) is 5.29. The summed E-state index contributed by atoms with van der Waals surface area (Å²) in [7, 11) is 0. The smallest absolute Gasteiger partial charge is 0.227 e. The number of hydrogen-bond acceptors (Lipinski definition) is 3. The number of benzene rings is 4. The normalized spacial score (nSPS) is 11.7. The van der Waals surface area contributed by atoms with Crippen molar-refractivity contribution < 1.29 is 9.59 Å². The number of hydrogen-bond donors (Lipinski definition) is 1. The van der Waals surface area contributed by atoms with Gasteiger partial charge in [-0.15, -0.1) is 0 Å². The van der Waals surface area contributed by atoms with E-state index in [2.05, 4.69) is 41.1 Å². The fraction of sp³-hybridized carbons (Fsp3) is 0.206. The molecule has 1 unspecified atom stereocenters. The standard InChI is InChI=1S/C34H32N4O2/c1-3-37-31-12-8-7-11-29(31)30-21-27(15-18-32(30)37)36-33(39)19-24(2)20-34(40)38(23-26-9-5-4-6-10-26)28-16-13-25(22-35)14-17-28/h4-18,21,24H,3,19-20,23H2,1-2H3,(H,36,39). The molecule has 0 aliphatic rings. The summed E-state index contributed by atoms with van der Waals surface area (Å²) in [4.78, 5) is 28.2. The molecule has 1 atom stereocenters. The van der Waals surface area contributed by atoms with E-state index < -0.39 is 0 Å². The summed E-state index contributed by atoms with van der Waals surface area (Å²) >= 11 is 0. The third-order valence-electron chi connectivity index (χ3n) is 7.22. The van der Waals surface area contributed by atoms with Gasteiger partial charge in [0.1, 0.15) is 0 Å².